The average molecular weight is 362 g/mol. The lowest BCUT2D eigenvalue weighted by molar-refractivity contribution is 0.0658. The topological polar surface area (TPSA) is 66.9 Å². The monoisotopic (exact) mass is 362 g/mol. The Labute approximate surface area is 151 Å². The van der Waals surface area contributed by atoms with Crippen molar-refractivity contribution in [1.29, 1.82) is 0 Å². The SMILES string of the molecule is COc1ccc(-c2nc(C(=O)NN3CCN(C)CC3)cs2)cc1OC. The standard InChI is InChI=1S/C17H22N4O3S/c1-20-6-8-21(9-7-20)19-16(22)13-11-25-17(18-13)12-4-5-14(23-2)15(10-12)24-3/h4-5,10-11H,6-9H2,1-3H3,(H,19,22). The summed E-state index contributed by atoms with van der Waals surface area (Å²) < 4.78 is 10.6. The molecular weight excluding hydrogens is 340 g/mol. The molecule has 1 N–H and O–H groups in total. The maximum atomic E-state index is 12.4. The first-order chi connectivity index (χ1) is 12.1. The molecule has 0 spiro atoms. The Kier molecular flexibility index (Phi) is 5.52. The number of nitrogens with one attached hydrogen (secondary N) is 1. The van der Waals surface area contributed by atoms with E-state index < -0.39 is 0 Å². The first-order valence-corrected chi connectivity index (χ1v) is 8.91. The Balaban J connectivity index is 1.70. The zero-order valence-corrected chi connectivity index (χ0v) is 15.4. The lowest BCUT2D eigenvalue weighted by Crippen LogP contribution is -2.52. The van der Waals surface area contributed by atoms with Crippen molar-refractivity contribution in [2.24, 2.45) is 0 Å². The molecule has 134 valence electrons. The molecule has 1 aromatic carbocycles. The highest BCUT2D eigenvalue weighted by Gasteiger charge is 2.19. The highest BCUT2D eigenvalue weighted by molar-refractivity contribution is 7.13. The third kappa shape index (κ3) is 4.09. The van der Waals surface area contributed by atoms with Gasteiger partial charge in [0.25, 0.3) is 5.91 Å². The van der Waals surface area contributed by atoms with Gasteiger partial charge in [-0.1, -0.05) is 0 Å². The van der Waals surface area contributed by atoms with Crippen LogP contribution >= 0.6 is 11.3 Å². The Morgan fingerprint density at radius 1 is 1.16 bits per heavy atom. The van der Waals surface area contributed by atoms with Crippen molar-refractivity contribution < 1.29 is 14.3 Å². The van der Waals surface area contributed by atoms with E-state index in [1.807, 2.05) is 23.2 Å². The number of nitrogens with zero attached hydrogens (tertiary/aromatic N) is 3. The Morgan fingerprint density at radius 3 is 2.56 bits per heavy atom. The number of carbonyl (C=O) groups is 1. The summed E-state index contributed by atoms with van der Waals surface area (Å²) in [6, 6.07) is 5.60. The number of piperazine rings is 1. The molecule has 0 radical (unpaired) electrons. The largest absolute Gasteiger partial charge is 0.493 e. The number of aromatic nitrogens is 1. The average Bonchev–Trinajstić information content (AvgIpc) is 3.13. The number of hydrazine groups is 1. The molecule has 1 amide bonds. The minimum Gasteiger partial charge on any atom is -0.493 e. The second-order valence-corrected chi connectivity index (χ2v) is 6.70. The molecular formula is C17H22N4O3S. The van der Waals surface area contributed by atoms with E-state index >= 15 is 0 Å². The summed E-state index contributed by atoms with van der Waals surface area (Å²) in [5.74, 6) is 1.13. The lowest BCUT2D eigenvalue weighted by atomic mass is 10.2. The molecule has 25 heavy (non-hydrogen) atoms. The fourth-order valence-electron chi connectivity index (χ4n) is 2.60. The van der Waals surface area contributed by atoms with Gasteiger partial charge in [-0.3, -0.25) is 10.2 Å². The van der Waals surface area contributed by atoms with Gasteiger partial charge in [-0.05, 0) is 25.2 Å². The highest BCUT2D eigenvalue weighted by atomic mass is 32.1. The van der Waals surface area contributed by atoms with Gasteiger partial charge in [-0.25, -0.2) is 9.99 Å². The maximum Gasteiger partial charge on any atom is 0.285 e. The summed E-state index contributed by atoms with van der Waals surface area (Å²) in [5, 5.41) is 4.49. The highest BCUT2D eigenvalue weighted by Crippen LogP contribution is 2.33. The molecule has 1 aliphatic rings. The number of hydrogen-bond donors (Lipinski definition) is 1. The van der Waals surface area contributed by atoms with Crippen molar-refractivity contribution >= 4 is 17.2 Å². The van der Waals surface area contributed by atoms with E-state index in [-0.39, 0.29) is 5.91 Å². The quantitative estimate of drug-likeness (QED) is 0.874. The van der Waals surface area contributed by atoms with E-state index in [1.165, 1.54) is 11.3 Å². The van der Waals surface area contributed by atoms with Crippen LogP contribution in [-0.4, -0.2) is 68.2 Å². The summed E-state index contributed by atoms with van der Waals surface area (Å²) in [5.41, 5.74) is 4.24. The van der Waals surface area contributed by atoms with Crippen LogP contribution in [0, 0.1) is 0 Å². The van der Waals surface area contributed by atoms with E-state index in [4.69, 9.17) is 9.47 Å². The van der Waals surface area contributed by atoms with Crippen molar-refractivity contribution in [3.05, 3.63) is 29.3 Å². The summed E-state index contributed by atoms with van der Waals surface area (Å²) in [4.78, 5) is 19.1. The van der Waals surface area contributed by atoms with E-state index in [1.54, 1.807) is 19.6 Å². The second-order valence-electron chi connectivity index (χ2n) is 5.84. The number of thiazole rings is 1. The summed E-state index contributed by atoms with van der Waals surface area (Å²) >= 11 is 1.43. The number of benzene rings is 1. The van der Waals surface area contributed by atoms with E-state index in [0.29, 0.717) is 17.2 Å². The number of ether oxygens (including phenoxy) is 2. The molecule has 0 atom stereocenters. The van der Waals surface area contributed by atoms with Gasteiger partial charge in [0, 0.05) is 37.1 Å². The number of rotatable bonds is 5. The van der Waals surface area contributed by atoms with Crippen molar-refractivity contribution in [2.75, 3.05) is 47.4 Å². The number of hydrogen-bond acceptors (Lipinski definition) is 7. The minimum atomic E-state index is -0.174. The number of methoxy groups -OCH3 is 2. The van der Waals surface area contributed by atoms with Crippen LogP contribution in [-0.2, 0) is 0 Å². The summed E-state index contributed by atoms with van der Waals surface area (Å²) in [6.07, 6.45) is 0. The van der Waals surface area contributed by atoms with Crippen molar-refractivity contribution in [3.63, 3.8) is 0 Å². The fourth-order valence-corrected chi connectivity index (χ4v) is 3.40. The lowest BCUT2D eigenvalue weighted by Gasteiger charge is -2.32. The Hall–Kier alpha value is -2.16. The second kappa shape index (κ2) is 7.81. The van der Waals surface area contributed by atoms with Crippen LogP contribution in [0.15, 0.2) is 23.6 Å². The predicted molar refractivity (Wildman–Crippen MR) is 97.2 cm³/mol. The molecule has 0 unspecified atom stereocenters. The number of likely N-dealkylation sites (N-methyl/N-ethyl adjacent to an activating group) is 1. The third-order valence-electron chi connectivity index (χ3n) is 4.13. The Morgan fingerprint density at radius 2 is 1.88 bits per heavy atom. The third-order valence-corrected chi connectivity index (χ3v) is 5.02. The predicted octanol–water partition coefficient (Wildman–Crippen LogP) is 1.72. The normalized spacial score (nSPS) is 15.8. The smallest absolute Gasteiger partial charge is 0.285 e. The van der Waals surface area contributed by atoms with Crippen LogP contribution in [0.1, 0.15) is 10.5 Å². The van der Waals surface area contributed by atoms with Gasteiger partial charge in [0.1, 0.15) is 10.7 Å². The molecule has 7 nitrogen and oxygen atoms in total. The molecule has 1 aliphatic heterocycles. The summed E-state index contributed by atoms with van der Waals surface area (Å²) in [6.45, 7) is 3.51. The van der Waals surface area contributed by atoms with Crippen LogP contribution in [0.5, 0.6) is 11.5 Å². The van der Waals surface area contributed by atoms with E-state index in [0.717, 1.165) is 36.8 Å². The Bertz CT molecular complexity index is 741. The fraction of sp³-hybridized carbons (Fsp3) is 0.412. The molecule has 2 aromatic rings. The van der Waals surface area contributed by atoms with Gasteiger partial charge in [-0.2, -0.15) is 0 Å². The zero-order valence-electron chi connectivity index (χ0n) is 14.6. The number of carbonyl (C=O) groups excluding carboxylic acids is 1. The van der Waals surface area contributed by atoms with Gasteiger partial charge >= 0.3 is 0 Å². The van der Waals surface area contributed by atoms with Gasteiger partial charge in [0.15, 0.2) is 11.5 Å². The molecule has 1 saturated heterocycles. The van der Waals surface area contributed by atoms with Crippen LogP contribution in [0.3, 0.4) is 0 Å². The molecule has 1 aromatic heterocycles. The molecule has 2 heterocycles. The van der Waals surface area contributed by atoms with Crippen molar-refractivity contribution in [3.8, 4) is 22.1 Å². The maximum absolute atomic E-state index is 12.4. The van der Waals surface area contributed by atoms with Crippen molar-refractivity contribution in [1.82, 2.24) is 20.3 Å². The molecule has 0 saturated carbocycles. The van der Waals surface area contributed by atoms with Gasteiger partial charge in [-0.15, -0.1) is 11.3 Å². The molecule has 1 fully saturated rings. The van der Waals surface area contributed by atoms with E-state index in [9.17, 15) is 4.79 Å². The first kappa shape index (κ1) is 17.7. The molecule has 0 aliphatic carbocycles. The van der Waals surface area contributed by atoms with Crippen LogP contribution in [0.2, 0.25) is 0 Å². The zero-order chi connectivity index (χ0) is 17.8. The molecule has 0 bridgehead atoms. The van der Waals surface area contributed by atoms with Crippen LogP contribution < -0.4 is 14.9 Å². The van der Waals surface area contributed by atoms with Crippen LogP contribution in [0.25, 0.3) is 10.6 Å². The van der Waals surface area contributed by atoms with Crippen molar-refractivity contribution in [2.45, 2.75) is 0 Å². The minimum absolute atomic E-state index is 0.174. The van der Waals surface area contributed by atoms with Gasteiger partial charge < -0.3 is 14.4 Å². The van der Waals surface area contributed by atoms with Crippen LogP contribution in [0.4, 0.5) is 0 Å². The van der Waals surface area contributed by atoms with Gasteiger partial charge in [0.05, 0.1) is 14.2 Å². The van der Waals surface area contributed by atoms with Gasteiger partial charge in [0.2, 0.25) is 0 Å². The van der Waals surface area contributed by atoms with E-state index in [2.05, 4.69) is 22.4 Å². The summed E-state index contributed by atoms with van der Waals surface area (Å²) in [7, 11) is 5.27. The molecule has 8 heteroatoms. The molecule has 3 rings (SSSR count). The first-order valence-electron chi connectivity index (χ1n) is 8.03. The number of amides is 1.